The van der Waals surface area contributed by atoms with Crippen molar-refractivity contribution in [1.82, 2.24) is 15.5 Å². The molecule has 1 aromatic heterocycles. The number of carbonyl (C=O) groups is 1. The van der Waals surface area contributed by atoms with Crippen LogP contribution in [0.25, 0.3) is 0 Å². The van der Waals surface area contributed by atoms with Crippen LogP contribution in [0.2, 0.25) is 0 Å². The van der Waals surface area contributed by atoms with Gasteiger partial charge in [0.25, 0.3) is 0 Å². The first-order valence-electron chi connectivity index (χ1n) is 11.0. The first-order chi connectivity index (χ1) is 16.1. The van der Waals surface area contributed by atoms with E-state index in [2.05, 4.69) is 56.5 Å². The lowest BCUT2D eigenvalue weighted by molar-refractivity contribution is -0.118. The van der Waals surface area contributed by atoms with Crippen molar-refractivity contribution in [3.63, 3.8) is 0 Å². The third kappa shape index (κ3) is 6.38. The zero-order valence-corrected chi connectivity index (χ0v) is 19.8. The molecule has 33 heavy (non-hydrogen) atoms. The van der Waals surface area contributed by atoms with E-state index in [4.69, 9.17) is 4.74 Å². The minimum atomic E-state index is -0.0408. The third-order valence-electron chi connectivity index (χ3n) is 5.57. The molecule has 1 N–H and O–H groups in total. The molecule has 2 aromatic carbocycles. The Morgan fingerprint density at radius 1 is 1.00 bits per heavy atom. The van der Waals surface area contributed by atoms with Crippen LogP contribution in [0.4, 0.5) is 11.5 Å². The summed E-state index contributed by atoms with van der Waals surface area (Å²) in [6.07, 6.45) is 0. The van der Waals surface area contributed by atoms with Gasteiger partial charge < -0.3 is 19.9 Å². The minimum absolute atomic E-state index is 0.0408. The molecule has 0 aliphatic carbocycles. The maximum Gasteiger partial charge on any atom is 0.230 e. The van der Waals surface area contributed by atoms with Gasteiger partial charge in [0.15, 0.2) is 5.82 Å². The molecule has 0 atom stereocenters. The average molecular weight is 464 g/mol. The van der Waals surface area contributed by atoms with Crippen LogP contribution in [0.1, 0.15) is 11.1 Å². The number of aromatic nitrogens is 2. The molecule has 0 saturated carbocycles. The van der Waals surface area contributed by atoms with E-state index >= 15 is 0 Å². The van der Waals surface area contributed by atoms with Gasteiger partial charge in [0.2, 0.25) is 5.91 Å². The Kier molecular flexibility index (Phi) is 7.67. The first kappa shape index (κ1) is 22.9. The van der Waals surface area contributed by atoms with Gasteiger partial charge in [-0.05, 0) is 54.4 Å². The van der Waals surface area contributed by atoms with Gasteiger partial charge in [-0.3, -0.25) is 4.79 Å². The Hall–Kier alpha value is -3.26. The molecule has 0 spiro atoms. The van der Waals surface area contributed by atoms with Gasteiger partial charge in [0, 0.05) is 38.4 Å². The molecule has 2 heterocycles. The van der Waals surface area contributed by atoms with Crippen molar-refractivity contribution in [2.75, 3.05) is 48.8 Å². The number of piperazine rings is 1. The number of hydrogen-bond donors (Lipinski definition) is 1. The fraction of sp³-hybridized carbons (Fsp3) is 0.320. The highest BCUT2D eigenvalue weighted by molar-refractivity contribution is 7.99. The van der Waals surface area contributed by atoms with E-state index in [1.165, 1.54) is 23.0 Å². The van der Waals surface area contributed by atoms with Crippen LogP contribution in [0, 0.1) is 6.92 Å². The van der Waals surface area contributed by atoms with Crippen molar-refractivity contribution in [2.24, 2.45) is 0 Å². The van der Waals surface area contributed by atoms with E-state index in [1.54, 1.807) is 7.11 Å². The van der Waals surface area contributed by atoms with Crippen LogP contribution < -0.4 is 19.9 Å². The smallest absolute Gasteiger partial charge is 0.230 e. The van der Waals surface area contributed by atoms with Crippen LogP contribution in [-0.2, 0) is 11.3 Å². The highest BCUT2D eigenvalue weighted by Gasteiger charge is 2.19. The number of carbonyl (C=O) groups excluding carboxylic acids is 1. The molecule has 1 amide bonds. The molecule has 0 bridgehead atoms. The van der Waals surface area contributed by atoms with Crippen LogP contribution in [0.5, 0.6) is 5.75 Å². The minimum Gasteiger partial charge on any atom is -0.497 e. The largest absolute Gasteiger partial charge is 0.497 e. The Morgan fingerprint density at radius 2 is 1.79 bits per heavy atom. The third-order valence-corrected chi connectivity index (χ3v) is 6.49. The molecular weight excluding hydrogens is 434 g/mol. The number of ether oxygens (including phenoxy) is 1. The SMILES string of the molecule is COc1cccc(CNC(=O)CSc2ccc(N3CCN(c4cccc(C)c4)CC3)nn2)c1. The Bertz CT molecular complexity index is 1070. The van der Waals surface area contributed by atoms with Gasteiger partial charge >= 0.3 is 0 Å². The van der Waals surface area contributed by atoms with Crippen molar-refractivity contribution in [2.45, 2.75) is 18.5 Å². The second kappa shape index (κ2) is 11.0. The van der Waals surface area contributed by atoms with Crippen molar-refractivity contribution in [3.05, 3.63) is 71.8 Å². The van der Waals surface area contributed by atoms with Crippen LogP contribution >= 0.6 is 11.8 Å². The lowest BCUT2D eigenvalue weighted by atomic mass is 10.2. The number of hydrogen-bond acceptors (Lipinski definition) is 7. The number of thioether (sulfide) groups is 1. The molecule has 0 unspecified atom stereocenters. The summed E-state index contributed by atoms with van der Waals surface area (Å²) in [4.78, 5) is 16.9. The molecule has 1 aliphatic rings. The molecule has 1 saturated heterocycles. The highest BCUT2D eigenvalue weighted by Crippen LogP contribution is 2.21. The normalized spacial score (nSPS) is 13.6. The predicted molar refractivity (Wildman–Crippen MR) is 133 cm³/mol. The Labute approximate surface area is 199 Å². The van der Waals surface area contributed by atoms with Crippen LogP contribution in [-0.4, -0.2) is 55.1 Å². The number of nitrogens with zero attached hydrogens (tertiary/aromatic N) is 4. The average Bonchev–Trinajstić information content (AvgIpc) is 2.87. The van der Waals surface area contributed by atoms with Gasteiger partial charge in [0.1, 0.15) is 10.8 Å². The molecule has 1 fully saturated rings. The maximum atomic E-state index is 12.2. The fourth-order valence-corrected chi connectivity index (χ4v) is 4.39. The zero-order chi connectivity index (χ0) is 23.0. The fourth-order valence-electron chi connectivity index (χ4n) is 3.75. The monoisotopic (exact) mass is 463 g/mol. The Morgan fingerprint density at radius 3 is 2.52 bits per heavy atom. The van der Waals surface area contributed by atoms with Crippen molar-refractivity contribution in [3.8, 4) is 5.75 Å². The van der Waals surface area contributed by atoms with Gasteiger partial charge in [-0.2, -0.15) is 0 Å². The zero-order valence-electron chi connectivity index (χ0n) is 19.0. The topological polar surface area (TPSA) is 70.6 Å². The molecule has 4 rings (SSSR count). The number of amides is 1. The molecule has 172 valence electrons. The molecule has 3 aromatic rings. The maximum absolute atomic E-state index is 12.2. The highest BCUT2D eigenvalue weighted by atomic mass is 32.2. The summed E-state index contributed by atoms with van der Waals surface area (Å²) in [5, 5.41) is 12.4. The molecule has 8 heteroatoms. The van der Waals surface area contributed by atoms with Crippen LogP contribution in [0.3, 0.4) is 0 Å². The number of anilines is 2. The summed E-state index contributed by atoms with van der Waals surface area (Å²) in [6, 6.07) is 20.2. The quantitative estimate of drug-likeness (QED) is 0.513. The molecular formula is C25H29N5O2S. The van der Waals surface area contributed by atoms with Crippen molar-refractivity contribution < 1.29 is 9.53 Å². The summed E-state index contributed by atoms with van der Waals surface area (Å²) < 4.78 is 5.21. The molecule has 1 aliphatic heterocycles. The number of benzene rings is 2. The summed E-state index contributed by atoms with van der Waals surface area (Å²) in [5.41, 5.74) is 3.55. The standard InChI is InChI=1S/C25H29N5O2S/c1-19-5-3-7-21(15-19)29-11-13-30(14-12-29)23-9-10-25(28-27-23)33-18-24(31)26-17-20-6-4-8-22(16-20)32-2/h3-10,15-16H,11-14,17-18H2,1-2H3,(H,26,31). The van der Waals surface area contributed by atoms with Gasteiger partial charge in [-0.15, -0.1) is 10.2 Å². The summed E-state index contributed by atoms with van der Waals surface area (Å²) in [5.74, 6) is 1.92. The van der Waals surface area contributed by atoms with E-state index in [0.717, 1.165) is 48.3 Å². The summed E-state index contributed by atoms with van der Waals surface area (Å²) >= 11 is 1.39. The van der Waals surface area contributed by atoms with Gasteiger partial charge in [-0.25, -0.2) is 0 Å². The summed E-state index contributed by atoms with van der Waals surface area (Å²) in [7, 11) is 1.63. The number of aryl methyl sites for hydroxylation is 1. The Balaban J connectivity index is 1.22. The van der Waals surface area contributed by atoms with E-state index in [9.17, 15) is 4.79 Å². The lowest BCUT2D eigenvalue weighted by Gasteiger charge is -2.36. The van der Waals surface area contributed by atoms with Crippen molar-refractivity contribution >= 4 is 29.2 Å². The summed E-state index contributed by atoms with van der Waals surface area (Å²) in [6.45, 7) is 6.31. The van der Waals surface area contributed by atoms with Crippen molar-refractivity contribution in [1.29, 1.82) is 0 Å². The first-order valence-corrected chi connectivity index (χ1v) is 12.0. The second-order valence-corrected chi connectivity index (χ2v) is 8.96. The molecule has 7 nitrogen and oxygen atoms in total. The second-order valence-electron chi connectivity index (χ2n) is 7.96. The van der Waals surface area contributed by atoms with Gasteiger partial charge in [0.05, 0.1) is 12.9 Å². The number of nitrogens with one attached hydrogen (secondary N) is 1. The van der Waals surface area contributed by atoms with Crippen LogP contribution in [0.15, 0.2) is 65.7 Å². The van der Waals surface area contributed by atoms with Gasteiger partial charge in [-0.1, -0.05) is 36.0 Å². The predicted octanol–water partition coefficient (Wildman–Crippen LogP) is 3.53. The van der Waals surface area contributed by atoms with E-state index in [-0.39, 0.29) is 5.91 Å². The number of methoxy groups -OCH3 is 1. The lowest BCUT2D eigenvalue weighted by Crippen LogP contribution is -2.46. The number of rotatable bonds is 8. The van der Waals surface area contributed by atoms with E-state index in [1.807, 2.05) is 36.4 Å². The molecule has 0 radical (unpaired) electrons. The van der Waals surface area contributed by atoms with E-state index < -0.39 is 0 Å². The van der Waals surface area contributed by atoms with E-state index in [0.29, 0.717) is 12.3 Å².